The van der Waals surface area contributed by atoms with Crippen molar-refractivity contribution in [3.8, 4) is 5.75 Å². The van der Waals surface area contributed by atoms with Gasteiger partial charge in [-0.05, 0) is 54.6 Å². The van der Waals surface area contributed by atoms with E-state index in [1.54, 1.807) is 0 Å². The summed E-state index contributed by atoms with van der Waals surface area (Å²) >= 11 is 0. The topological polar surface area (TPSA) is 153 Å². The largest absolute Gasteiger partial charge is 0.495 e. The van der Waals surface area contributed by atoms with Gasteiger partial charge in [-0.25, -0.2) is 13.2 Å². The molecule has 0 saturated heterocycles. The van der Waals surface area contributed by atoms with E-state index in [1.165, 1.54) is 67.8 Å². The molecular formula is C21H16N2O8S. The Morgan fingerprint density at radius 1 is 0.938 bits per heavy atom. The molecule has 0 amide bonds. The molecule has 0 spiro atoms. The molecule has 0 aliphatic heterocycles. The molecule has 0 fully saturated rings. The van der Waals surface area contributed by atoms with Gasteiger partial charge in [-0.2, -0.15) is 0 Å². The van der Waals surface area contributed by atoms with Crippen molar-refractivity contribution < 1.29 is 32.8 Å². The number of carboxylic acid groups (broad SMARTS) is 1. The molecule has 2 N–H and O–H groups in total. The number of nitrogens with zero attached hydrogens (tertiary/aromatic N) is 1. The Morgan fingerprint density at radius 2 is 1.50 bits per heavy atom. The number of carbonyl (C=O) groups excluding carboxylic acids is 1. The number of non-ortho nitro benzene ring substituents is 1. The van der Waals surface area contributed by atoms with Crippen molar-refractivity contribution >= 4 is 33.2 Å². The van der Waals surface area contributed by atoms with Crippen molar-refractivity contribution in [2.75, 3.05) is 11.8 Å². The normalized spacial score (nSPS) is 10.9. The second kappa shape index (κ2) is 8.86. The molecule has 0 aliphatic rings. The van der Waals surface area contributed by atoms with Crippen LogP contribution in [0.4, 0.5) is 11.4 Å². The summed E-state index contributed by atoms with van der Waals surface area (Å²) < 4.78 is 33.3. The standard InChI is InChI=1S/C21H16N2O8S/c1-31-18-11-6-15(20(24)13-4-9-17(10-5-13)23(27)28)12-19(18)32(29,30)22-16-7-2-14(3-8-16)21(25)26/h2-12,22H,1H3,(H,25,26). The number of anilines is 1. The van der Waals surface area contributed by atoms with Gasteiger partial charge < -0.3 is 9.84 Å². The van der Waals surface area contributed by atoms with Crippen molar-refractivity contribution in [3.63, 3.8) is 0 Å². The van der Waals surface area contributed by atoms with Crippen LogP contribution in [0.25, 0.3) is 0 Å². The average molecular weight is 456 g/mol. The molecule has 164 valence electrons. The molecule has 11 heteroatoms. The first-order valence-corrected chi connectivity index (χ1v) is 10.4. The highest BCUT2D eigenvalue weighted by Gasteiger charge is 2.23. The lowest BCUT2D eigenvalue weighted by molar-refractivity contribution is -0.384. The predicted octanol–water partition coefficient (Wildman–Crippen LogP) is 3.33. The maximum absolute atomic E-state index is 12.9. The lowest BCUT2D eigenvalue weighted by atomic mass is 10.0. The maximum atomic E-state index is 12.9. The number of methoxy groups -OCH3 is 1. The molecule has 0 aliphatic carbocycles. The first-order chi connectivity index (χ1) is 15.1. The van der Waals surface area contributed by atoms with E-state index >= 15 is 0 Å². The molecule has 32 heavy (non-hydrogen) atoms. The number of ether oxygens (including phenoxy) is 1. The minimum absolute atomic E-state index is 0.0128. The summed E-state index contributed by atoms with van der Waals surface area (Å²) in [6.07, 6.45) is 0. The molecule has 10 nitrogen and oxygen atoms in total. The number of ketones is 1. The summed E-state index contributed by atoms with van der Waals surface area (Å²) in [4.78, 5) is 33.6. The number of nitro groups is 1. The lowest BCUT2D eigenvalue weighted by Crippen LogP contribution is -2.15. The van der Waals surface area contributed by atoms with E-state index in [4.69, 9.17) is 9.84 Å². The lowest BCUT2D eigenvalue weighted by Gasteiger charge is -2.13. The summed E-state index contributed by atoms with van der Waals surface area (Å²) in [5.41, 5.74) is 0.0885. The third-order valence-corrected chi connectivity index (χ3v) is 5.84. The van der Waals surface area contributed by atoms with Crippen molar-refractivity contribution in [1.82, 2.24) is 0 Å². The molecule has 3 rings (SSSR count). The average Bonchev–Trinajstić information content (AvgIpc) is 2.78. The molecule has 0 radical (unpaired) electrons. The number of nitro benzene ring substituents is 1. The zero-order valence-electron chi connectivity index (χ0n) is 16.5. The molecule has 3 aromatic rings. The fraction of sp³-hybridized carbons (Fsp3) is 0.0476. The van der Waals surface area contributed by atoms with Gasteiger partial charge in [0, 0.05) is 28.9 Å². The van der Waals surface area contributed by atoms with Crippen LogP contribution in [-0.4, -0.2) is 37.3 Å². The molecule has 0 aromatic heterocycles. The summed E-state index contributed by atoms with van der Waals surface area (Å²) in [5, 5.41) is 19.7. The van der Waals surface area contributed by atoms with Crippen LogP contribution in [0.15, 0.2) is 71.6 Å². The van der Waals surface area contributed by atoms with E-state index in [0.717, 1.165) is 6.07 Å². The van der Waals surface area contributed by atoms with Gasteiger partial charge in [0.05, 0.1) is 17.6 Å². The summed E-state index contributed by atoms with van der Waals surface area (Å²) in [6, 6.07) is 13.8. The summed E-state index contributed by atoms with van der Waals surface area (Å²) in [5.74, 6) is -1.71. The number of hydrogen-bond acceptors (Lipinski definition) is 7. The number of aromatic carboxylic acids is 1. The second-order valence-corrected chi connectivity index (χ2v) is 8.14. The van der Waals surface area contributed by atoms with Crippen molar-refractivity contribution in [2.45, 2.75) is 4.90 Å². The van der Waals surface area contributed by atoms with Gasteiger partial charge in [0.15, 0.2) is 5.78 Å². The minimum Gasteiger partial charge on any atom is -0.495 e. The number of nitrogens with one attached hydrogen (secondary N) is 1. The Kier molecular flexibility index (Phi) is 6.21. The number of benzene rings is 3. The van der Waals surface area contributed by atoms with Crippen LogP contribution in [0.1, 0.15) is 26.3 Å². The third kappa shape index (κ3) is 4.73. The van der Waals surface area contributed by atoms with Crippen LogP contribution in [0.5, 0.6) is 5.75 Å². The van der Waals surface area contributed by atoms with Crippen molar-refractivity contribution in [2.24, 2.45) is 0 Å². The Labute approximate surface area is 182 Å². The van der Waals surface area contributed by atoms with Gasteiger partial charge in [0.2, 0.25) is 0 Å². The highest BCUT2D eigenvalue weighted by Crippen LogP contribution is 2.28. The fourth-order valence-electron chi connectivity index (χ4n) is 2.82. The molecule has 0 unspecified atom stereocenters. The van der Waals surface area contributed by atoms with E-state index < -0.39 is 26.7 Å². The van der Waals surface area contributed by atoms with E-state index in [2.05, 4.69) is 4.72 Å². The van der Waals surface area contributed by atoms with Crippen LogP contribution < -0.4 is 9.46 Å². The molecule has 3 aromatic carbocycles. The number of carboxylic acids is 1. The first kappa shape index (κ1) is 22.4. The van der Waals surface area contributed by atoms with Gasteiger partial charge in [0.1, 0.15) is 10.6 Å². The Hall–Kier alpha value is -4.25. The Bertz CT molecular complexity index is 1300. The first-order valence-electron chi connectivity index (χ1n) is 8.96. The van der Waals surface area contributed by atoms with Gasteiger partial charge in [-0.3, -0.25) is 19.6 Å². The van der Waals surface area contributed by atoms with E-state index in [0.29, 0.717) is 0 Å². The smallest absolute Gasteiger partial charge is 0.335 e. The number of hydrogen-bond donors (Lipinski definition) is 2. The van der Waals surface area contributed by atoms with Gasteiger partial charge >= 0.3 is 5.97 Å². The Morgan fingerprint density at radius 3 is 2.03 bits per heavy atom. The zero-order valence-corrected chi connectivity index (χ0v) is 17.3. The molecule has 0 heterocycles. The number of sulfonamides is 1. The van der Waals surface area contributed by atoms with Gasteiger partial charge in [-0.15, -0.1) is 0 Å². The molecule has 0 saturated carbocycles. The van der Waals surface area contributed by atoms with E-state index in [-0.39, 0.29) is 38.7 Å². The van der Waals surface area contributed by atoms with Gasteiger partial charge in [-0.1, -0.05) is 0 Å². The molecule has 0 atom stereocenters. The van der Waals surface area contributed by atoms with Gasteiger partial charge in [0.25, 0.3) is 15.7 Å². The van der Waals surface area contributed by atoms with E-state index in [9.17, 15) is 28.1 Å². The van der Waals surface area contributed by atoms with Crippen LogP contribution >= 0.6 is 0 Å². The summed E-state index contributed by atoms with van der Waals surface area (Å²) in [6.45, 7) is 0. The van der Waals surface area contributed by atoms with E-state index in [1.807, 2.05) is 0 Å². The predicted molar refractivity (Wildman–Crippen MR) is 114 cm³/mol. The number of carbonyl (C=O) groups is 2. The highest BCUT2D eigenvalue weighted by atomic mass is 32.2. The molecular weight excluding hydrogens is 440 g/mol. The van der Waals surface area contributed by atoms with Crippen LogP contribution in [-0.2, 0) is 10.0 Å². The van der Waals surface area contributed by atoms with Crippen molar-refractivity contribution in [3.05, 3.63) is 93.5 Å². The second-order valence-electron chi connectivity index (χ2n) is 6.49. The quantitative estimate of drug-likeness (QED) is 0.297. The molecule has 0 bridgehead atoms. The summed E-state index contributed by atoms with van der Waals surface area (Å²) in [7, 11) is -2.94. The fourth-order valence-corrected chi connectivity index (χ4v) is 4.07. The Balaban J connectivity index is 1.95. The minimum atomic E-state index is -4.21. The van der Waals surface area contributed by atoms with Crippen LogP contribution in [0.2, 0.25) is 0 Å². The number of rotatable bonds is 8. The SMILES string of the molecule is COc1ccc(C(=O)c2ccc([N+](=O)[O-])cc2)cc1S(=O)(=O)Nc1ccc(C(=O)O)cc1. The zero-order chi connectivity index (χ0) is 23.5. The van der Waals surface area contributed by atoms with Crippen LogP contribution in [0.3, 0.4) is 0 Å². The van der Waals surface area contributed by atoms with Crippen molar-refractivity contribution in [1.29, 1.82) is 0 Å². The third-order valence-electron chi connectivity index (χ3n) is 4.44. The maximum Gasteiger partial charge on any atom is 0.335 e. The highest BCUT2D eigenvalue weighted by molar-refractivity contribution is 7.92. The monoisotopic (exact) mass is 456 g/mol. The van der Waals surface area contributed by atoms with Crippen LogP contribution in [0, 0.1) is 10.1 Å².